The van der Waals surface area contributed by atoms with Gasteiger partial charge < -0.3 is 10.4 Å². The van der Waals surface area contributed by atoms with Crippen LogP contribution in [0.5, 0.6) is 0 Å². The van der Waals surface area contributed by atoms with Crippen molar-refractivity contribution < 1.29 is 9.90 Å². The van der Waals surface area contributed by atoms with Gasteiger partial charge in [0, 0.05) is 18.3 Å². The number of hydrogen-bond acceptors (Lipinski definition) is 2. The Morgan fingerprint density at radius 1 is 1.69 bits per heavy atom. The molecule has 0 aliphatic carbocycles. The number of rotatable bonds is 5. The zero-order chi connectivity index (χ0) is 10.5. The predicted molar refractivity (Wildman–Crippen MR) is 53.8 cm³/mol. The van der Waals surface area contributed by atoms with E-state index in [-0.39, 0.29) is 18.4 Å². The van der Waals surface area contributed by atoms with Crippen LogP contribution < -0.4 is 5.32 Å². The fourth-order valence-corrected chi connectivity index (χ4v) is 0.787. The maximum Gasteiger partial charge on any atom is 0.224 e. The van der Waals surface area contributed by atoms with Gasteiger partial charge in [-0.2, -0.15) is 0 Å². The number of carbonyl (C=O) groups is 1. The van der Waals surface area contributed by atoms with Gasteiger partial charge in [0.1, 0.15) is 0 Å². The van der Waals surface area contributed by atoms with Crippen LogP contribution in [-0.2, 0) is 4.79 Å². The third kappa shape index (κ3) is 5.11. The summed E-state index contributed by atoms with van der Waals surface area (Å²) < 4.78 is 0. The normalized spacial score (nSPS) is 17.6. The van der Waals surface area contributed by atoms with Gasteiger partial charge in [-0.3, -0.25) is 4.79 Å². The fourth-order valence-electron chi connectivity index (χ4n) is 0.647. The highest BCUT2D eigenvalue weighted by molar-refractivity contribution is 6.19. The molecule has 2 N–H and O–H groups in total. The van der Waals surface area contributed by atoms with Crippen molar-refractivity contribution in [2.75, 3.05) is 12.4 Å². The van der Waals surface area contributed by atoms with E-state index in [9.17, 15) is 9.90 Å². The number of nitrogens with one attached hydrogen (secondary N) is 1. The molecular formula is C9H18ClNO2. The lowest BCUT2D eigenvalue weighted by atomic mass is 10.0. The number of aliphatic hydroxyl groups is 1. The van der Waals surface area contributed by atoms with Crippen LogP contribution in [0.2, 0.25) is 0 Å². The van der Waals surface area contributed by atoms with Gasteiger partial charge in [0.05, 0.1) is 5.60 Å². The molecule has 0 radical (unpaired) electrons. The number of carbonyl (C=O) groups excluding carboxylic acids is 1. The second kappa shape index (κ2) is 5.45. The summed E-state index contributed by atoms with van der Waals surface area (Å²) in [6.07, 6.45) is 0.614. The van der Waals surface area contributed by atoms with E-state index in [0.29, 0.717) is 12.3 Å². The van der Waals surface area contributed by atoms with Gasteiger partial charge in [-0.25, -0.2) is 0 Å². The highest BCUT2D eigenvalue weighted by Crippen LogP contribution is 2.06. The fraction of sp³-hybridized carbons (Fsp3) is 0.889. The van der Waals surface area contributed by atoms with E-state index in [1.54, 1.807) is 13.8 Å². The van der Waals surface area contributed by atoms with Crippen molar-refractivity contribution in [1.82, 2.24) is 5.32 Å². The molecule has 0 aromatic rings. The molecule has 0 aromatic heterocycles. The maximum atomic E-state index is 11.2. The second-order valence-corrected chi connectivity index (χ2v) is 3.93. The molecule has 2 unspecified atom stereocenters. The van der Waals surface area contributed by atoms with Gasteiger partial charge in [-0.05, 0) is 13.3 Å². The summed E-state index contributed by atoms with van der Waals surface area (Å²) in [6, 6.07) is 0. The molecule has 3 nitrogen and oxygen atoms in total. The third-order valence-corrected chi connectivity index (χ3v) is 2.55. The Morgan fingerprint density at radius 2 is 2.23 bits per heavy atom. The average molecular weight is 208 g/mol. The van der Waals surface area contributed by atoms with Crippen LogP contribution in [0, 0.1) is 5.92 Å². The number of halogens is 1. The molecule has 0 spiro atoms. The highest BCUT2D eigenvalue weighted by Gasteiger charge is 2.19. The van der Waals surface area contributed by atoms with E-state index in [2.05, 4.69) is 5.32 Å². The summed E-state index contributed by atoms with van der Waals surface area (Å²) in [5.74, 6) is -0.00171. The minimum absolute atomic E-state index is 0.108. The molecular weight excluding hydrogens is 190 g/mol. The number of alkyl halides is 1. The van der Waals surface area contributed by atoms with Crippen molar-refractivity contribution in [2.24, 2.45) is 5.92 Å². The first-order chi connectivity index (χ1) is 5.93. The van der Waals surface area contributed by atoms with Crippen molar-refractivity contribution in [1.29, 1.82) is 0 Å². The van der Waals surface area contributed by atoms with Crippen molar-refractivity contribution in [3.8, 4) is 0 Å². The Morgan fingerprint density at radius 3 is 2.62 bits per heavy atom. The molecule has 2 atom stereocenters. The van der Waals surface area contributed by atoms with Crippen LogP contribution in [0.25, 0.3) is 0 Å². The Bertz CT molecular complexity index is 171. The quantitative estimate of drug-likeness (QED) is 0.665. The monoisotopic (exact) mass is 207 g/mol. The van der Waals surface area contributed by atoms with Crippen molar-refractivity contribution >= 4 is 17.5 Å². The summed E-state index contributed by atoms with van der Waals surface area (Å²) in [6.45, 7) is 5.60. The molecule has 0 fully saturated rings. The lowest BCUT2D eigenvalue weighted by Crippen LogP contribution is -2.42. The number of amides is 1. The lowest BCUT2D eigenvalue weighted by Gasteiger charge is -2.22. The van der Waals surface area contributed by atoms with Crippen LogP contribution in [0.15, 0.2) is 0 Å². The van der Waals surface area contributed by atoms with E-state index in [1.165, 1.54) is 0 Å². The first-order valence-corrected chi connectivity index (χ1v) is 5.02. The molecule has 0 aliphatic heterocycles. The van der Waals surface area contributed by atoms with Gasteiger partial charge in [0.25, 0.3) is 0 Å². The predicted octanol–water partition coefficient (Wildman–Crippen LogP) is 1.14. The molecule has 0 aliphatic rings. The van der Waals surface area contributed by atoms with Crippen LogP contribution in [0.3, 0.4) is 0 Å². The van der Waals surface area contributed by atoms with Gasteiger partial charge in [0.15, 0.2) is 0 Å². The minimum atomic E-state index is -0.818. The molecule has 13 heavy (non-hydrogen) atoms. The second-order valence-electron chi connectivity index (χ2n) is 3.62. The molecule has 0 rings (SSSR count). The van der Waals surface area contributed by atoms with Gasteiger partial charge in [0.2, 0.25) is 5.91 Å². The molecule has 0 aromatic carbocycles. The molecule has 0 heterocycles. The van der Waals surface area contributed by atoms with Crippen molar-refractivity contribution in [3.63, 3.8) is 0 Å². The zero-order valence-electron chi connectivity index (χ0n) is 8.43. The van der Waals surface area contributed by atoms with Crippen LogP contribution in [0.4, 0.5) is 0 Å². The van der Waals surface area contributed by atoms with Gasteiger partial charge in [-0.15, -0.1) is 11.6 Å². The average Bonchev–Trinajstić information content (AvgIpc) is 2.13. The van der Waals surface area contributed by atoms with Crippen molar-refractivity contribution in [3.05, 3.63) is 0 Å². The molecule has 0 saturated carbocycles. The minimum Gasteiger partial charge on any atom is -0.388 e. The Hall–Kier alpha value is -0.280. The topological polar surface area (TPSA) is 49.3 Å². The molecule has 1 amide bonds. The van der Waals surface area contributed by atoms with Crippen molar-refractivity contribution in [2.45, 2.75) is 32.8 Å². The molecule has 78 valence electrons. The number of hydrogen-bond donors (Lipinski definition) is 2. The largest absolute Gasteiger partial charge is 0.388 e. The smallest absolute Gasteiger partial charge is 0.224 e. The highest BCUT2D eigenvalue weighted by atomic mass is 35.5. The van der Waals surface area contributed by atoms with E-state index >= 15 is 0 Å². The SMILES string of the molecule is CCC(C)(O)CNC(=O)C(C)CCl. The zero-order valence-corrected chi connectivity index (χ0v) is 9.19. The first kappa shape index (κ1) is 12.7. The van der Waals surface area contributed by atoms with E-state index in [1.807, 2.05) is 6.92 Å². The van der Waals surface area contributed by atoms with E-state index in [0.717, 1.165) is 0 Å². The standard InChI is InChI=1S/C9H18ClNO2/c1-4-9(3,13)6-11-8(12)7(2)5-10/h7,13H,4-6H2,1-3H3,(H,11,12). The molecule has 4 heteroatoms. The van der Waals surface area contributed by atoms with E-state index in [4.69, 9.17) is 11.6 Å². The van der Waals surface area contributed by atoms with Crippen LogP contribution >= 0.6 is 11.6 Å². The summed E-state index contributed by atoms with van der Waals surface area (Å²) >= 11 is 5.51. The Balaban J connectivity index is 3.83. The molecule has 0 saturated heterocycles. The molecule has 0 bridgehead atoms. The summed E-state index contributed by atoms with van der Waals surface area (Å²) in [7, 11) is 0. The van der Waals surface area contributed by atoms with Crippen LogP contribution in [-0.4, -0.2) is 29.0 Å². The van der Waals surface area contributed by atoms with E-state index < -0.39 is 5.60 Å². The summed E-state index contributed by atoms with van der Waals surface area (Å²) in [5, 5.41) is 12.2. The maximum absolute atomic E-state index is 11.2. The third-order valence-electron chi connectivity index (χ3n) is 2.08. The Kier molecular flexibility index (Phi) is 5.33. The van der Waals surface area contributed by atoms with Gasteiger partial charge >= 0.3 is 0 Å². The summed E-state index contributed by atoms with van der Waals surface area (Å²) in [5.41, 5.74) is -0.818. The summed E-state index contributed by atoms with van der Waals surface area (Å²) in [4.78, 5) is 11.2. The Labute approximate surface area is 84.5 Å². The van der Waals surface area contributed by atoms with Gasteiger partial charge in [-0.1, -0.05) is 13.8 Å². The lowest BCUT2D eigenvalue weighted by molar-refractivity contribution is -0.125. The first-order valence-electron chi connectivity index (χ1n) is 4.49. The van der Waals surface area contributed by atoms with Crippen LogP contribution in [0.1, 0.15) is 27.2 Å².